The maximum atomic E-state index is 11.9. The fourth-order valence-corrected chi connectivity index (χ4v) is 1.75. The minimum atomic E-state index is -0.328. The largest absolute Gasteiger partial charge is 0.469 e. The van der Waals surface area contributed by atoms with Crippen molar-refractivity contribution in [1.82, 2.24) is 10.5 Å². The molecule has 0 radical (unpaired) electrons. The lowest BCUT2D eigenvalue weighted by molar-refractivity contribution is -0.140. The number of carbonyl (C=O) groups excluding carboxylic acids is 2. The molecular weight excluding hydrogens is 272 g/mol. The van der Waals surface area contributed by atoms with Crippen LogP contribution in [0.15, 0.2) is 40.9 Å². The summed E-state index contributed by atoms with van der Waals surface area (Å²) in [5.41, 5.74) is 1.07. The van der Waals surface area contributed by atoms with Crippen LogP contribution < -0.4 is 5.32 Å². The molecule has 0 aliphatic carbocycles. The van der Waals surface area contributed by atoms with Crippen molar-refractivity contribution in [2.45, 2.75) is 12.8 Å². The number of amides is 1. The second-order valence-electron chi connectivity index (χ2n) is 4.38. The number of nitrogens with zero attached hydrogens (tertiary/aromatic N) is 1. The van der Waals surface area contributed by atoms with E-state index in [2.05, 4.69) is 15.2 Å². The molecule has 110 valence electrons. The van der Waals surface area contributed by atoms with Crippen LogP contribution in [0.5, 0.6) is 0 Å². The van der Waals surface area contributed by atoms with Crippen LogP contribution in [-0.4, -0.2) is 30.7 Å². The summed E-state index contributed by atoms with van der Waals surface area (Å²) < 4.78 is 9.66. The average Bonchev–Trinajstić information content (AvgIpc) is 3.02. The van der Waals surface area contributed by atoms with Crippen molar-refractivity contribution >= 4 is 11.9 Å². The molecule has 0 aliphatic rings. The van der Waals surface area contributed by atoms with Crippen molar-refractivity contribution in [1.29, 1.82) is 0 Å². The fourth-order valence-electron chi connectivity index (χ4n) is 1.75. The minimum absolute atomic E-state index is 0.215. The smallest absolute Gasteiger partial charge is 0.305 e. The van der Waals surface area contributed by atoms with E-state index in [4.69, 9.17) is 4.52 Å². The third-order valence-corrected chi connectivity index (χ3v) is 2.87. The van der Waals surface area contributed by atoms with Crippen LogP contribution in [0.2, 0.25) is 0 Å². The Labute approximate surface area is 122 Å². The molecule has 6 nitrogen and oxygen atoms in total. The summed E-state index contributed by atoms with van der Waals surface area (Å²) in [7, 11) is 1.33. The third-order valence-electron chi connectivity index (χ3n) is 2.87. The minimum Gasteiger partial charge on any atom is -0.469 e. The molecule has 6 heteroatoms. The summed E-state index contributed by atoms with van der Waals surface area (Å²) in [5.74, 6) is -0.0850. The number of aromatic nitrogens is 1. The lowest BCUT2D eigenvalue weighted by Crippen LogP contribution is -2.25. The van der Waals surface area contributed by atoms with Crippen molar-refractivity contribution in [2.24, 2.45) is 0 Å². The molecule has 0 bridgehead atoms. The molecule has 1 N–H and O–H groups in total. The number of methoxy groups -OCH3 is 1. The number of ether oxygens (including phenoxy) is 1. The summed E-state index contributed by atoms with van der Waals surface area (Å²) >= 11 is 0. The number of hydrogen-bond acceptors (Lipinski definition) is 5. The van der Waals surface area contributed by atoms with E-state index in [1.807, 2.05) is 30.3 Å². The second-order valence-corrected chi connectivity index (χ2v) is 4.38. The molecule has 0 saturated carbocycles. The van der Waals surface area contributed by atoms with Gasteiger partial charge in [-0.15, -0.1) is 0 Å². The normalized spacial score (nSPS) is 10.1. The van der Waals surface area contributed by atoms with Gasteiger partial charge < -0.3 is 14.6 Å². The first-order valence-electron chi connectivity index (χ1n) is 6.58. The van der Waals surface area contributed by atoms with E-state index in [0.29, 0.717) is 18.7 Å². The molecule has 1 amide bonds. The van der Waals surface area contributed by atoms with Gasteiger partial charge in [0.1, 0.15) is 0 Å². The van der Waals surface area contributed by atoms with Crippen molar-refractivity contribution in [3.63, 3.8) is 0 Å². The molecule has 0 atom stereocenters. The molecule has 2 aromatic rings. The Balaban J connectivity index is 1.86. The standard InChI is InChI=1S/C15H16N2O4/c1-20-14(18)8-5-9-16-15(19)12-10-13(21-17-12)11-6-3-2-4-7-11/h2-4,6-7,10H,5,8-9H2,1H3,(H,16,19). The topological polar surface area (TPSA) is 81.4 Å². The van der Waals surface area contributed by atoms with Crippen molar-refractivity contribution < 1.29 is 18.8 Å². The van der Waals surface area contributed by atoms with E-state index < -0.39 is 0 Å². The van der Waals surface area contributed by atoms with Gasteiger partial charge in [0.2, 0.25) is 0 Å². The molecule has 0 unspecified atom stereocenters. The molecule has 0 spiro atoms. The summed E-state index contributed by atoms with van der Waals surface area (Å²) in [5, 5.41) is 6.42. The van der Waals surface area contributed by atoms with Crippen molar-refractivity contribution in [3.05, 3.63) is 42.1 Å². The predicted molar refractivity (Wildman–Crippen MR) is 75.5 cm³/mol. The lowest BCUT2D eigenvalue weighted by atomic mass is 10.1. The van der Waals surface area contributed by atoms with Gasteiger partial charge in [-0.25, -0.2) is 0 Å². The number of benzene rings is 1. The quantitative estimate of drug-likeness (QED) is 0.649. The zero-order chi connectivity index (χ0) is 15.1. The SMILES string of the molecule is COC(=O)CCCNC(=O)c1cc(-c2ccccc2)on1. The van der Waals surface area contributed by atoms with Gasteiger partial charge in [0.15, 0.2) is 11.5 Å². The summed E-state index contributed by atoms with van der Waals surface area (Å²) in [6, 6.07) is 11.0. The van der Waals surface area contributed by atoms with E-state index in [-0.39, 0.29) is 24.0 Å². The van der Waals surface area contributed by atoms with Crippen LogP contribution in [0.25, 0.3) is 11.3 Å². The highest BCUT2D eigenvalue weighted by atomic mass is 16.5. The highest BCUT2D eigenvalue weighted by Crippen LogP contribution is 2.19. The Bertz CT molecular complexity index is 607. The van der Waals surface area contributed by atoms with Crippen LogP contribution in [-0.2, 0) is 9.53 Å². The molecule has 21 heavy (non-hydrogen) atoms. The van der Waals surface area contributed by atoms with Crippen molar-refractivity contribution in [3.8, 4) is 11.3 Å². The van der Waals surface area contributed by atoms with E-state index >= 15 is 0 Å². The Morgan fingerprint density at radius 3 is 2.76 bits per heavy atom. The van der Waals surface area contributed by atoms with Crippen molar-refractivity contribution in [2.75, 3.05) is 13.7 Å². The molecule has 0 aliphatic heterocycles. The number of nitrogens with one attached hydrogen (secondary N) is 1. The average molecular weight is 288 g/mol. The third kappa shape index (κ3) is 4.17. The fraction of sp³-hybridized carbons (Fsp3) is 0.267. The summed E-state index contributed by atoms with van der Waals surface area (Å²) in [4.78, 5) is 22.8. The van der Waals surface area contributed by atoms with E-state index in [1.54, 1.807) is 6.07 Å². The van der Waals surface area contributed by atoms with Gasteiger partial charge >= 0.3 is 5.97 Å². The van der Waals surface area contributed by atoms with Gasteiger partial charge in [0, 0.05) is 24.6 Å². The molecule has 2 rings (SSSR count). The maximum Gasteiger partial charge on any atom is 0.305 e. The number of carbonyl (C=O) groups is 2. The van der Waals surface area contributed by atoms with Gasteiger partial charge in [-0.2, -0.15) is 0 Å². The predicted octanol–water partition coefficient (Wildman–Crippen LogP) is 2.02. The Morgan fingerprint density at radius 2 is 2.05 bits per heavy atom. The van der Waals surface area contributed by atoms with Gasteiger partial charge in [-0.1, -0.05) is 35.5 Å². The monoisotopic (exact) mass is 288 g/mol. The highest BCUT2D eigenvalue weighted by molar-refractivity contribution is 5.93. The summed E-state index contributed by atoms with van der Waals surface area (Å²) in [6.45, 7) is 0.376. The van der Waals surface area contributed by atoms with E-state index in [1.165, 1.54) is 7.11 Å². The first-order chi connectivity index (χ1) is 10.2. The molecule has 1 aromatic carbocycles. The molecular formula is C15H16N2O4. The van der Waals surface area contributed by atoms with E-state index in [0.717, 1.165) is 5.56 Å². The molecule has 0 saturated heterocycles. The van der Waals surface area contributed by atoms with Crippen LogP contribution in [0.4, 0.5) is 0 Å². The first-order valence-corrected chi connectivity index (χ1v) is 6.58. The van der Waals surface area contributed by atoms with Gasteiger partial charge in [-0.3, -0.25) is 9.59 Å². The van der Waals surface area contributed by atoms with Gasteiger partial charge in [-0.05, 0) is 6.42 Å². The van der Waals surface area contributed by atoms with Crippen LogP contribution in [0.1, 0.15) is 23.3 Å². The maximum absolute atomic E-state index is 11.9. The van der Waals surface area contributed by atoms with Gasteiger partial charge in [0.05, 0.1) is 7.11 Å². The number of hydrogen-bond donors (Lipinski definition) is 1. The summed E-state index contributed by atoms with van der Waals surface area (Å²) in [6.07, 6.45) is 0.784. The van der Waals surface area contributed by atoms with Gasteiger partial charge in [0.25, 0.3) is 5.91 Å². The Hall–Kier alpha value is -2.63. The Morgan fingerprint density at radius 1 is 1.29 bits per heavy atom. The van der Waals surface area contributed by atoms with Crippen LogP contribution in [0, 0.1) is 0 Å². The van der Waals surface area contributed by atoms with Crippen LogP contribution in [0.3, 0.4) is 0 Å². The lowest BCUT2D eigenvalue weighted by Gasteiger charge is -2.01. The second kappa shape index (κ2) is 7.23. The molecule has 0 fully saturated rings. The molecule has 1 heterocycles. The first kappa shape index (κ1) is 14.8. The zero-order valence-electron chi connectivity index (χ0n) is 11.7. The highest BCUT2D eigenvalue weighted by Gasteiger charge is 2.13. The molecule has 1 aromatic heterocycles. The van der Waals surface area contributed by atoms with Crippen LogP contribution >= 0.6 is 0 Å². The number of esters is 1. The zero-order valence-corrected chi connectivity index (χ0v) is 11.7. The van der Waals surface area contributed by atoms with E-state index in [9.17, 15) is 9.59 Å². The Kier molecular flexibility index (Phi) is 5.09. The number of rotatable bonds is 6.